The first kappa shape index (κ1) is 14.7. The van der Waals surface area contributed by atoms with Crippen molar-refractivity contribution in [1.82, 2.24) is 9.97 Å². The summed E-state index contributed by atoms with van der Waals surface area (Å²) >= 11 is 9.19. The van der Waals surface area contributed by atoms with E-state index >= 15 is 0 Å². The summed E-state index contributed by atoms with van der Waals surface area (Å²) in [6.07, 6.45) is 2.95. The maximum atomic E-state index is 12.0. The van der Waals surface area contributed by atoms with Crippen LogP contribution in [0.25, 0.3) is 0 Å². The molecule has 5 nitrogen and oxygen atoms in total. The Kier molecular flexibility index (Phi) is 4.92. The lowest BCUT2D eigenvalue weighted by atomic mass is 10.3. The largest absolute Gasteiger partial charge is 0.369 e. The van der Waals surface area contributed by atoms with Crippen LogP contribution >= 0.6 is 27.5 Å². The van der Waals surface area contributed by atoms with Crippen molar-refractivity contribution in [3.8, 4) is 0 Å². The van der Waals surface area contributed by atoms with Crippen molar-refractivity contribution < 1.29 is 4.79 Å². The maximum Gasteiger partial charge on any atom is 0.275 e. The summed E-state index contributed by atoms with van der Waals surface area (Å²) in [6.45, 7) is 2.71. The van der Waals surface area contributed by atoms with Crippen LogP contribution in [0.1, 0.15) is 17.4 Å². The summed E-state index contributed by atoms with van der Waals surface area (Å²) in [6, 6.07) is 5.13. The van der Waals surface area contributed by atoms with Crippen LogP contribution in [0.5, 0.6) is 0 Å². The maximum absolute atomic E-state index is 12.0. The number of carbonyl (C=O) groups is 1. The fourth-order valence-electron chi connectivity index (χ4n) is 1.49. The highest BCUT2D eigenvalue weighted by Gasteiger charge is 2.09. The van der Waals surface area contributed by atoms with E-state index in [4.69, 9.17) is 11.6 Å². The first-order valence-corrected chi connectivity index (χ1v) is 7.09. The monoisotopic (exact) mass is 354 g/mol. The second kappa shape index (κ2) is 6.67. The molecule has 0 aliphatic rings. The molecule has 104 valence electrons. The van der Waals surface area contributed by atoms with Gasteiger partial charge < -0.3 is 10.6 Å². The lowest BCUT2D eigenvalue weighted by molar-refractivity contribution is 0.102. The Balaban J connectivity index is 2.09. The van der Waals surface area contributed by atoms with Crippen molar-refractivity contribution >= 4 is 44.9 Å². The summed E-state index contributed by atoms with van der Waals surface area (Å²) in [4.78, 5) is 20.2. The molecule has 0 saturated heterocycles. The first-order chi connectivity index (χ1) is 9.60. The molecule has 0 atom stereocenters. The number of aromatic nitrogens is 2. The number of nitrogens with one attached hydrogen (secondary N) is 2. The molecule has 1 aromatic heterocycles. The zero-order valence-corrected chi connectivity index (χ0v) is 13.0. The van der Waals surface area contributed by atoms with Crippen LogP contribution in [-0.4, -0.2) is 22.4 Å². The van der Waals surface area contributed by atoms with Crippen LogP contribution in [0.2, 0.25) is 5.02 Å². The van der Waals surface area contributed by atoms with Gasteiger partial charge in [-0.25, -0.2) is 9.97 Å². The van der Waals surface area contributed by atoms with Crippen molar-refractivity contribution in [1.29, 1.82) is 0 Å². The molecular formula is C13H12BrClN4O. The van der Waals surface area contributed by atoms with Gasteiger partial charge in [-0.3, -0.25) is 4.79 Å². The van der Waals surface area contributed by atoms with E-state index in [2.05, 4.69) is 36.5 Å². The summed E-state index contributed by atoms with van der Waals surface area (Å²) < 4.78 is 0.713. The van der Waals surface area contributed by atoms with Gasteiger partial charge in [0.15, 0.2) is 0 Å². The Hall–Kier alpha value is -1.66. The van der Waals surface area contributed by atoms with Crippen molar-refractivity contribution in [2.45, 2.75) is 6.92 Å². The van der Waals surface area contributed by atoms with Gasteiger partial charge in [-0.15, -0.1) is 0 Å². The smallest absolute Gasteiger partial charge is 0.275 e. The molecule has 1 heterocycles. The standard InChI is InChI=1S/C13H12BrClN4O/c1-2-16-12-7-17-11(6-18-12)13(20)19-8-3-4-10(15)9(14)5-8/h3-7H,2H2,1H3,(H,16,18)(H,19,20). The van der Waals surface area contributed by atoms with Crippen LogP contribution in [0.3, 0.4) is 0 Å². The molecule has 0 saturated carbocycles. The van der Waals surface area contributed by atoms with Crippen LogP contribution in [0.4, 0.5) is 11.5 Å². The summed E-state index contributed by atoms with van der Waals surface area (Å²) in [5.74, 6) is 0.313. The molecule has 0 fully saturated rings. The van der Waals surface area contributed by atoms with Crippen LogP contribution in [0, 0.1) is 0 Å². The van der Waals surface area contributed by atoms with Gasteiger partial charge in [0.2, 0.25) is 0 Å². The average molecular weight is 356 g/mol. The number of carbonyl (C=O) groups excluding carboxylic acids is 1. The minimum Gasteiger partial charge on any atom is -0.369 e. The van der Waals surface area contributed by atoms with Crippen LogP contribution in [0.15, 0.2) is 35.1 Å². The topological polar surface area (TPSA) is 66.9 Å². The van der Waals surface area contributed by atoms with E-state index in [1.165, 1.54) is 12.4 Å². The normalized spacial score (nSPS) is 10.2. The van der Waals surface area contributed by atoms with E-state index in [1.54, 1.807) is 18.2 Å². The molecule has 0 radical (unpaired) electrons. The van der Waals surface area contributed by atoms with Crippen LogP contribution in [-0.2, 0) is 0 Å². The van der Waals surface area contributed by atoms with Gasteiger partial charge in [0.25, 0.3) is 5.91 Å². The molecule has 0 unspecified atom stereocenters. The number of rotatable bonds is 4. The Morgan fingerprint density at radius 3 is 2.75 bits per heavy atom. The number of nitrogens with zero attached hydrogens (tertiary/aromatic N) is 2. The fraction of sp³-hybridized carbons (Fsp3) is 0.154. The summed E-state index contributed by atoms with van der Waals surface area (Å²) in [5, 5.41) is 6.32. The Morgan fingerprint density at radius 1 is 1.35 bits per heavy atom. The quantitative estimate of drug-likeness (QED) is 0.880. The van der Waals surface area contributed by atoms with Gasteiger partial charge in [-0.2, -0.15) is 0 Å². The number of amides is 1. The lowest BCUT2D eigenvalue weighted by Crippen LogP contribution is -2.14. The molecule has 20 heavy (non-hydrogen) atoms. The number of hydrogen-bond acceptors (Lipinski definition) is 4. The van der Waals surface area contributed by atoms with Gasteiger partial charge in [0.05, 0.1) is 17.4 Å². The lowest BCUT2D eigenvalue weighted by Gasteiger charge is -2.06. The molecule has 2 rings (SSSR count). The molecule has 2 N–H and O–H groups in total. The van der Waals surface area contributed by atoms with Gasteiger partial charge >= 0.3 is 0 Å². The van der Waals surface area contributed by atoms with Crippen LogP contribution < -0.4 is 10.6 Å². The van der Waals surface area contributed by atoms with E-state index in [1.807, 2.05) is 6.92 Å². The van der Waals surface area contributed by atoms with E-state index in [0.29, 0.717) is 21.0 Å². The zero-order valence-electron chi connectivity index (χ0n) is 10.7. The van der Waals surface area contributed by atoms with E-state index in [-0.39, 0.29) is 11.6 Å². The minimum atomic E-state index is -0.324. The molecule has 0 bridgehead atoms. The van der Waals surface area contributed by atoms with Crippen molar-refractivity contribution in [2.24, 2.45) is 0 Å². The Morgan fingerprint density at radius 2 is 2.15 bits per heavy atom. The molecule has 1 aromatic carbocycles. The highest BCUT2D eigenvalue weighted by Crippen LogP contribution is 2.25. The molecule has 0 aliphatic carbocycles. The summed E-state index contributed by atoms with van der Waals surface area (Å²) in [5.41, 5.74) is 0.876. The number of halogens is 2. The van der Waals surface area contributed by atoms with Gasteiger partial charge in [-0.1, -0.05) is 11.6 Å². The number of hydrogen-bond donors (Lipinski definition) is 2. The van der Waals surface area contributed by atoms with E-state index in [0.717, 1.165) is 6.54 Å². The Bertz CT molecular complexity index is 618. The highest BCUT2D eigenvalue weighted by atomic mass is 79.9. The molecule has 0 spiro atoms. The van der Waals surface area contributed by atoms with E-state index in [9.17, 15) is 4.79 Å². The van der Waals surface area contributed by atoms with Gasteiger partial charge in [-0.05, 0) is 41.1 Å². The third kappa shape index (κ3) is 3.68. The molecule has 2 aromatic rings. The molecule has 1 amide bonds. The molecular weight excluding hydrogens is 344 g/mol. The average Bonchev–Trinajstić information content (AvgIpc) is 2.44. The SMILES string of the molecule is CCNc1cnc(C(=O)Nc2ccc(Cl)c(Br)c2)cn1. The predicted octanol–water partition coefficient (Wildman–Crippen LogP) is 3.58. The van der Waals surface area contributed by atoms with Crippen molar-refractivity contribution in [3.63, 3.8) is 0 Å². The molecule has 0 aliphatic heterocycles. The van der Waals surface area contributed by atoms with Gasteiger partial charge in [0, 0.05) is 16.7 Å². The molecule has 7 heteroatoms. The number of benzene rings is 1. The van der Waals surface area contributed by atoms with Gasteiger partial charge in [0.1, 0.15) is 11.5 Å². The summed E-state index contributed by atoms with van der Waals surface area (Å²) in [7, 11) is 0. The minimum absolute atomic E-state index is 0.248. The number of anilines is 2. The highest BCUT2D eigenvalue weighted by molar-refractivity contribution is 9.10. The second-order valence-electron chi connectivity index (χ2n) is 3.90. The Labute approximate surface area is 129 Å². The van der Waals surface area contributed by atoms with Crippen molar-refractivity contribution in [2.75, 3.05) is 17.2 Å². The first-order valence-electron chi connectivity index (χ1n) is 5.92. The van der Waals surface area contributed by atoms with E-state index < -0.39 is 0 Å². The third-order valence-corrected chi connectivity index (χ3v) is 3.63. The fourth-order valence-corrected chi connectivity index (χ4v) is 1.98. The second-order valence-corrected chi connectivity index (χ2v) is 5.16. The van der Waals surface area contributed by atoms with Crippen molar-refractivity contribution in [3.05, 3.63) is 45.8 Å². The third-order valence-electron chi connectivity index (χ3n) is 2.42. The predicted molar refractivity (Wildman–Crippen MR) is 83.3 cm³/mol. The zero-order chi connectivity index (χ0) is 14.5.